The molecule has 1 atom stereocenters. The molecule has 5 nitrogen and oxygen atoms in total. The minimum Gasteiger partial charge on any atom is -0.497 e. The summed E-state index contributed by atoms with van der Waals surface area (Å²) >= 11 is 0. The van der Waals surface area contributed by atoms with Crippen LogP contribution in [0, 0.1) is 0 Å². The van der Waals surface area contributed by atoms with Crippen molar-refractivity contribution in [1.82, 2.24) is 4.90 Å². The van der Waals surface area contributed by atoms with Gasteiger partial charge >= 0.3 is 6.03 Å². The van der Waals surface area contributed by atoms with Crippen LogP contribution in [0.25, 0.3) is 0 Å². The highest BCUT2D eigenvalue weighted by atomic mass is 16.5. The Morgan fingerprint density at radius 3 is 2.81 bits per heavy atom. The molecule has 1 aromatic rings. The first-order valence-corrected chi connectivity index (χ1v) is 7.31. The third-order valence-electron chi connectivity index (χ3n) is 4.58. The zero-order valence-electron chi connectivity index (χ0n) is 12.7. The normalized spacial score (nSPS) is 24.5. The van der Waals surface area contributed by atoms with E-state index in [9.17, 15) is 4.79 Å². The Balaban J connectivity index is 2.03. The first-order valence-electron chi connectivity index (χ1n) is 7.31. The number of hydrogen-bond acceptors (Lipinski definition) is 3. The number of nitrogens with zero attached hydrogens (tertiary/aromatic N) is 2. The molecule has 1 unspecified atom stereocenters. The largest absolute Gasteiger partial charge is 0.497 e. The fourth-order valence-corrected chi connectivity index (χ4v) is 3.59. The average Bonchev–Trinajstić information content (AvgIpc) is 2.68. The van der Waals surface area contributed by atoms with Crippen LogP contribution in [0.1, 0.15) is 31.4 Å². The number of carbonyl (C=O) groups is 1. The van der Waals surface area contributed by atoms with Crippen LogP contribution in [-0.2, 0) is 12.8 Å². The van der Waals surface area contributed by atoms with Crippen molar-refractivity contribution in [2.75, 3.05) is 7.11 Å². The van der Waals surface area contributed by atoms with E-state index in [4.69, 9.17) is 10.5 Å². The standard InChI is InChI=1S/C16H21N3O2/c1-10(2)19-15(20)18-14(17)16(19)7-6-11-4-5-13(21-3)8-12(11)9-16/h4-5,8,10H,6-7,9H2,1-3H3,(H2,17,18,20). The minimum absolute atomic E-state index is 0.0782. The molecule has 1 aliphatic heterocycles. The highest BCUT2D eigenvalue weighted by molar-refractivity contribution is 6.06. The van der Waals surface area contributed by atoms with Crippen LogP contribution < -0.4 is 10.5 Å². The Labute approximate surface area is 124 Å². The molecule has 21 heavy (non-hydrogen) atoms. The van der Waals surface area contributed by atoms with Crippen molar-refractivity contribution in [3.63, 3.8) is 0 Å². The zero-order chi connectivity index (χ0) is 15.2. The smallest absolute Gasteiger partial charge is 0.346 e. The number of rotatable bonds is 2. The number of fused-ring (bicyclic) bond motifs is 1. The van der Waals surface area contributed by atoms with Gasteiger partial charge in [0.2, 0.25) is 0 Å². The lowest BCUT2D eigenvalue weighted by Gasteiger charge is -2.43. The second kappa shape index (κ2) is 4.76. The molecule has 3 rings (SSSR count). The van der Waals surface area contributed by atoms with Gasteiger partial charge in [0.1, 0.15) is 17.1 Å². The summed E-state index contributed by atoms with van der Waals surface area (Å²) in [6.45, 7) is 4.02. The van der Waals surface area contributed by atoms with Gasteiger partial charge in [0, 0.05) is 12.5 Å². The van der Waals surface area contributed by atoms with E-state index < -0.39 is 5.54 Å². The number of carbonyl (C=O) groups excluding carboxylic acids is 1. The molecule has 0 saturated heterocycles. The molecule has 5 heteroatoms. The molecule has 0 saturated carbocycles. The summed E-state index contributed by atoms with van der Waals surface area (Å²) in [6, 6.07) is 5.99. The van der Waals surface area contributed by atoms with Crippen LogP contribution in [0.3, 0.4) is 0 Å². The molecule has 1 aromatic carbocycles. The van der Waals surface area contributed by atoms with Crippen molar-refractivity contribution in [3.8, 4) is 5.75 Å². The fraction of sp³-hybridized carbons (Fsp3) is 0.500. The van der Waals surface area contributed by atoms with Crippen LogP contribution in [0.2, 0.25) is 0 Å². The third-order valence-corrected chi connectivity index (χ3v) is 4.58. The van der Waals surface area contributed by atoms with Crippen LogP contribution in [0.15, 0.2) is 23.2 Å². The van der Waals surface area contributed by atoms with E-state index in [1.165, 1.54) is 11.1 Å². The number of methoxy groups -OCH3 is 1. The van der Waals surface area contributed by atoms with Crippen LogP contribution in [0.4, 0.5) is 4.79 Å². The second-order valence-electron chi connectivity index (χ2n) is 6.09. The molecule has 1 heterocycles. The molecule has 0 fully saturated rings. The third kappa shape index (κ3) is 1.99. The SMILES string of the molecule is COc1ccc2c(c1)CC1(CC2)C(N)=NC(=O)N1C(C)C. The predicted octanol–water partition coefficient (Wildman–Crippen LogP) is 2.12. The van der Waals surface area contributed by atoms with Crippen LogP contribution >= 0.6 is 0 Å². The number of nitrogens with two attached hydrogens (primary N) is 1. The highest BCUT2D eigenvalue weighted by Gasteiger charge is 2.50. The van der Waals surface area contributed by atoms with E-state index in [2.05, 4.69) is 11.1 Å². The van der Waals surface area contributed by atoms with Crippen molar-refractivity contribution >= 4 is 11.9 Å². The lowest BCUT2D eigenvalue weighted by atomic mass is 9.76. The summed E-state index contributed by atoms with van der Waals surface area (Å²) in [5.74, 6) is 1.29. The minimum atomic E-state index is -0.468. The molecule has 0 radical (unpaired) electrons. The monoisotopic (exact) mass is 287 g/mol. The second-order valence-corrected chi connectivity index (χ2v) is 6.09. The van der Waals surface area contributed by atoms with Crippen LogP contribution in [-0.4, -0.2) is 35.5 Å². The van der Waals surface area contributed by atoms with Crippen molar-refractivity contribution < 1.29 is 9.53 Å². The zero-order valence-corrected chi connectivity index (χ0v) is 12.7. The summed E-state index contributed by atoms with van der Waals surface area (Å²) < 4.78 is 5.31. The maximum Gasteiger partial charge on any atom is 0.346 e. The van der Waals surface area contributed by atoms with Gasteiger partial charge < -0.3 is 15.4 Å². The van der Waals surface area contributed by atoms with Crippen molar-refractivity contribution in [2.45, 2.75) is 44.7 Å². The number of aryl methyl sites for hydroxylation is 1. The Bertz CT molecular complexity index is 624. The van der Waals surface area contributed by atoms with Crippen molar-refractivity contribution in [3.05, 3.63) is 29.3 Å². The van der Waals surface area contributed by atoms with E-state index in [1.54, 1.807) is 7.11 Å². The van der Waals surface area contributed by atoms with Gasteiger partial charge in [-0.05, 0) is 49.9 Å². The van der Waals surface area contributed by atoms with E-state index in [0.29, 0.717) is 12.3 Å². The molecule has 1 spiro atoms. The number of amidine groups is 1. The van der Waals surface area contributed by atoms with Gasteiger partial charge in [-0.15, -0.1) is 0 Å². The van der Waals surface area contributed by atoms with Gasteiger partial charge in [-0.3, -0.25) is 0 Å². The van der Waals surface area contributed by atoms with E-state index in [0.717, 1.165) is 18.6 Å². The van der Waals surface area contributed by atoms with Gasteiger partial charge in [-0.1, -0.05) is 6.07 Å². The number of hydrogen-bond donors (Lipinski definition) is 1. The van der Waals surface area contributed by atoms with Gasteiger partial charge in [-0.25, -0.2) is 4.79 Å². The Morgan fingerprint density at radius 1 is 1.38 bits per heavy atom. The molecular formula is C16H21N3O2. The number of aliphatic imine (C=N–C) groups is 1. The van der Waals surface area contributed by atoms with Gasteiger partial charge in [0.25, 0.3) is 0 Å². The fourth-order valence-electron chi connectivity index (χ4n) is 3.59. The number of benzene rings is 1. The summed E-state index contributed by atoms with van der Waals surface area (Å²) in [4.78, 5) is 18.0. The van der Waals surface area contributed by atoms with E-state index in [1.807, 2.05) is 30.9 Å². The summed E-state index contributed by atoms with van der Waals surface area (Å²) in [6.07, 6.45) is 2.43. The quantitative estimate of drug-likeness (QED) is 0.906. The highest BCUT2D eigenvalue weighted by Crippen LogP contribution is 2.39. The molecule has 2 N–H and O–H groups in total. The topological polar surface area (TPSA) is 67.9 Å². The van der Waals surface area contributed by atoms with E-state index >= 15 is 0 Å². The molecule has 112 valence electrons. The predicted molar refractivity (Wildman–Crippen MR) is 81.7 cm³/mol. The Kier molecular flexibility index (Phi) is 3.15. The summed E-state index contributed by atoms with van der Waals surface area (Å²) in [7, 11) is 1.66. The first-order chi connectivity index (χ1) is 9.98. The molecule has 0 bridgehead atoms. The van der Waals surface area contributed by atoms with Gasteiger partial charge in [0.15, 0.2) is 0 Å². The molecular weight excluding hydrogens is 266 g/mol. The molecule has 2 aliphatic rings. The molecule has 0 aromatic heterocycles. The average molecular weight is 287 g/mol. The summed E-state index contributed by atoms with van der Waals surface area (Å²) in [5.41, 5.74) is 8.18. The van der Waals surface area contributed by atoms with Gasteiger partial charge in [0.05, 0.1) is 7.11 Å². The lowest BCUT2D eigenvalue weighted by Crippen LogP contribution is -2.59. The Hall–Kier alpha value is -2.04. The van der Waals surface area contributed by atoms with Crippen molar-refractivity contribution in [2.24, 2.45) is 10.7 Å². The van der Waals surface area contributed by atoms with Crippen LogP contribution in [0.5, 0.6) is 5.75 Å². The first kappa shape index (κ1) is 13.9. The van der Waals surface area contributed by atoms with Gasteiger partial charge in [-0.2, -0.15) is 4.99 Å². The Morgan fingerprint density at radius 2 is 2.14 bits per heavy atom. The molecule has 1 aliphatic carbocycles. The number of ether oxygens (including phenoxy) is 1. The maximum absolute atomic E-state index is 12.2. The maximum atomic E-state index is 12.2. The van der Waals surface area contributed by atoms with E-state index in [-0.39, 0.29) is 12.1 Å². The van der Waals surface area contributed by atoms with Crippen molar-refractivity contribution in [1.29, 1.82) is 0 Å². The number of urea groups is 1. The molecule has 2 amide bonds. The summed E-state index contributed by atoms with van der Waals surface area (Å²) in [5, 5.41) is 0. The number of amides is 2. The lowest BCUT2D eigenvalue weighted by molar-refractivity contribution is 0.136.